The maximum Gasteiger partial charge on any atom is 0.407 e. The van der Waals surface area contributed by atoms with Crippen molar-refractivity contribution >= 4 is 6.09 Å². The first-order chi connectivity index (χ1) is 10.4. The van der Waals surface area contributed by atoms with Crippen LogP contribution in [-0.2, 0) is 9.47 Å². The van der Waals surface area contributed by atoms with E-state index in [1.54, 1.807) is 0 Å². The number of terminal acetylenes is 1. The van der Waals surface area contributed by atoms with Crippen molar-refractivity contribution in [2.24, 2.45) is 10.2 Å². The number of amides is 1. The van der Waals surface area contributed by atoms with Crippen LogP contribution in [0.4, 0.5) is 4.79 Å². The van der Waals surface area contributed by atoms with Crippen LogP contribution >= 0.6 is 0 Å². The Kier molecular flexibility index (Phi) is 4.94. The van der Waals surface area contributed by atoms with Gasteiger partial charge in [-0.05, 0) is 0 Å². The van der Waals surface area contributed by atoms with E-state index in [4.69, 9.17) is 21.0 Å². The number of nitrogens with one attached hydrogen (secondary N) is 1. The summed E-state index contributed by atoms with van der Waals surface area (Å²) in [5.41, 5.74) is -0.838. The summed E-state index contributed by atoms with van der Waals surface area (Å²) < 4.78 is 9.68. The third-order valence-corrected chi connectivity index (χ3v) is 3.37. The lowest BCUT2D eigenvalue weighted by Crippen LogP contribution is -2.60. The summed E-state index contributed by atoms with van der Waals surface area (Å²) in [6.45, 7) is -0.594. The minimum absolute atomic E-state index is 0.0115. The van der Waals surface area contributed by atoms with Crippen molar-refractivity contribution in [2.75, 3.05) is 13.2 Å². The van der Waals surface area contributed by atoms with Crippen LogP contribution in [0.3, 0.4) is 0 Å². The highest BCUT2D eigenvalue weighted by Crippen LogP contribution is 2.30. The molecule has 22 heavy (non-hydrogen) atoms. The minimum Gasteiger partial charge on any atom is -0.438 e. The smallest absolute Gasteiger partial charge is 0.407 e. The normalized spacial score (nSPS) is 35.5. The predicted octanol–water partition coefficient (Wildman–Crippen LogP) is -2.30. The number of carbonyl (C=O) groups excluding carboxylic acids is 1. The molecule has 0 spiro atoms. The quantitative estimate of drug-likeness (QED) is 0.357. The molecule has 2 heterocycles. The van der Waals surface area contributed by atoms with Gasteiger partial charge in [0, 0.05) is 0 Å². The number of hydrogen-bond acceptors (Lipinski definition) is 9. The van der Waals surface area contributed by atoms with Gasteiger partial charge < -0.3 is 35.2 Å². The van der Waals surface area contributed by atoms with Crippen molar-refractivity contribution < 1.29 is 34.7 Å². The molecule has 1 amide bonds. The van der Waals surface area contributed by atoms with Gasteiger partial charge in [-0.25, -0.2) is 4.79 Å². The Morgan fingerprint density at radius 1 is 1.36 bits per heavy atom. The molecular weight excluding hydrogens is 298 g/mol. The summed E-state index contributed by atoms with van der Waals surface area (Å²) >= 11 is 0. The van der Waals surface area contributed by atoms with Crippen molar-refractivity contribution in [1.29, 1.82) is 0 Å². The molecule has 10 nitrogen and oxygen atoms in total. The monoisotopic (exact) mass is 315 g/mol. The Morgan fingerprint density at radius 3 is 2.59 bits per heavy atom. The Morgan fingerprint density at radius 2 is 2.05 bits per heavy atom. The van der Waals surface area contributed by atoms with Crippen LogP contribution in [0.1, 0.15) is 6.42 Å². The van der Waals surface area contributed by atoms with E-state index in [0.717, 1.165) is 0 Å². The van der Waals surface area contributed by atoms with Crippen LogP contribution in [0.2, 0.25) is 0 Å². The maximum absolute atomic E-state index is 11.7. The number of hydrogen-bond donors (Lipinski definition) is 5. The average Bonchev–Trinajstić information content (AvgIpc) is 3.26. The van der Waals surface area contributed by atoms with Gasteiger partial charge >= 0.3 is 6.09 Å². The van der Waals surface area contributed by atoms with Crippen LogP contribution in [0.25, 0.3) is 0 Å². The molecule has 0 aliphatic carbocycles. The lowest BCUT2D eigenvalue weighted by molar-refractivity contribution is -0.285. The first-order valence-corrected chi connectivity index (χ1v) is 6.55. The van der Waals surface area contributed by atoms with E-state index in [9.17, 15) is 20.1 Å². The Bertz CT molecular complexity index is 486. The molecule has 2 rings (SSSR count). The van der Waals surface area contributed by atoms with Crippen LogP contribution < -0.4 is 5.32 Å². The second-order valence-electron chi connectivity index (χ2n) is 5.02. The standard InChI is InChI=1S/C12H17N3O7/c1-2-3-12(14-15-12)5-13-11(20)22-9-8(18)7(17)6(4-16)21-10(9)19/h1,6-10,16-19H,3-5H2,(H,13,20)/t6?,7-,8+,9?,10-/m1/s1. The van der Waals surface area contributed by atoms with Crippen molar-refractivity contribution in [2.45, 2.75) is 42.8 Å². The zero-order chi connectivity index (χ0) is 16.3. The lowest BCUT2D eigenvalue weighted by atomic mass is 9.99. The highest BCUT2D eigenvalue weighted by molar-refractivity contribution is 5.67. The van der Waals surface area contributed by atoms with Gasteiger partial charge in [-0.2, -0.15) is 10.2 Å². The summed E-state index contributed by atoms with van der Waals surface area (Å²) in [6.07, 6.45) is -3.07. The maximum atomic E-state index is 11.7. The molecule has 2 aliphatic heterocycles. The average molecular weight is 315 g/mol. The van der Waals surface area contributed by atoms with Gasteiger partial charge in [0.2, 0.25) is 5.66 Å². The molecule has 2 aliphatic rings. The van der Waals surface area contributed by atoms with Gasteiger partial charge in [-0.3, -0.25) is 0 Å². The van der Waals surface area contributed by atoms with Gasteiger partial charge in [0.1, 0.15) is 18.3 Å². The molecular formula is C12H17N3O7. The summed E-state index contributed by atoms with van der Waals surface area (Å²) in [6, 6.07) is 0. The summed E-state index contributed by atoms with van der Waals surface area (Å²) in [4.78, 5) is 11.7. The van der Waals surface area contributed by atoms with E-state index in [1.807, 2.05) is 0 Å². The van der Waals surface area contributed by atoms with E-state index in [2.05, 4.69) is 21.5 Å². The van der Waals surface area contributed by atoms with Gasteiger partial charge in [0.25, 0.3) is 0 Å². The third kappa shape index (κ3) is 3.52. The second kappa shape index (κ2) is 6.55. The van der Waals surface area contributed by atoms with Gasteiger partial charge in [0.15, 0.2) is 12.4 Å². The van der Waals surface area contributed by atoms with E-state index in [1.165, 1.54) is 0 Å². The van der Waals surface area contributed by atoms with Gasteiger partial charge in [0.05, 0.1) is 19.6 Å². The first-order valence-electron chi connectivity index (χ1n) is 6.55. The molecule has 5 atom stereocenters. The second-order valence-corrected chi connectivity index (χ2v) is 5.02. The lowest BCUT2D eigenvalue weighted by Gasteiger charge is -2.39. The number of alkyl carbamates (subject to hydrolysis) is 1. The topological polar surface area (TPSA) is 153 Å². The van der Waals surface area contributed by atoms with Crippen LogP contribution in [-0.4, -0.2) is 76.0 Å². The third-order valence-electron chi connectivity index (χ3n) is 3.37. The highest BCUT2D eigenvalue weighted by Gasteiger charge is 2.46. The molecule has 0 saturated carbocycles. The molecule has 1 saturated heterocycles. The Hall–Kier alpha value is -1.77. The molecule has 5 N–H and O–H groups in total. The number of ether oxygens (including phenoxy) is 2. The Balaban J connectivity index is 1.84. The zero-order valence-corrected chi connectivity index (χ0v) is 11.5. The number of rotatable bonds is 5. The fraction of sp³-hybridized carbons (Fsp3) is 0.750. The summed E-state index contributed by atoms with van der Waals surface area (Å²) in [5.74, 6) is 2.37. The van der Waals surface area contributed by atoms with Crippen molar-refractivity contribution in [3.8, 4) is 12.3 Å². The highest BCUT2D eigenvalue weighted by atomic mass is 16.7. The fourth-order valence-corrected chi connectivity index (χ4v) is 2.02. The molecule has 0 bridgehead atoms. The van der Waals surface area contributed by atoms with E-state index >= 15 is 0 Å². The number of nitrogens with zero attached hydrogens (tertiary/aromatic N) is 2. The molecule has 0 radical (unpaired) electrons. The number of carbonyl (C=O) groups is 1. The van der Waals surface area contributed by atoms with Crippen LogP contribution in [0.15, 0.2) is 10.2 Å². The van der Waals surface area contributed by atoms with E-state index in [-0.39, 0.29) is 13.0 Å². The number of aliphatic hydroxyl groups excluding tert-OH is 4. The van der Waals surface area contributed by atoms with Crippen molar-refractivity contribution in [1.82, 2.24) is 5.32 Å². The largest absolute Gasteiger partial charge is 0.438 e. The predicted molar refractivity (Wildman–Crippen MR) is 69.3 cm³/mol. The van der Waals surface area contributed by atoms with Crippen molar-refractivity contribution in [3.05, 3.63) is 0 Å². The Labute approximate surface area is 125 Å². The van der Waals surface area contributed by atoms with E-state index < -0.39 is 49.1 Å². The van der Waals surface area contributed by atoms with Crippen molar-refractivity contribution in [3.63, 3.8) is 0 Å². The van der Waals surface area contributed by atoms with Gasteiger partial charge in [-0.1, -0.05) is 0 Å². The van der Waals surface area contributed by atoms with Gasteiger partial charge in [-0.15, -0.1) is 12.3 Å². The number of aliphatic hydroxyl groups is 4. The molecule has 122 valence electrons. The minimum atomic E-state index is -1.68. The molecule has 0 aromatic rings. The first kappa shape index (κ1) is 16.6. The fourth-order valence-electron chi connectivity index (χ4n) is 2.02. The molecule has 0 aromatic heterocycles. The van der Waals surface area contributed by atoms with E-state index in [0.29, 0.717) is 0 Å². The zero-order valence-electron chi connectivity index (χ0n) is 11.5. The SMILES string of the molecule is C#CCC1(CNC(=O)OC2[C@H](O)OC(CO)[C@@H](O)[C@@H]2O)N=N1. The van der Waals surface area contributed by atoms with Crippen LogP contribution in [0, 0.1) is 12.3 Å². The van der Waals surface area contributed by atoms with Crippen LogP contribution in [0.5, 0.6) is 0 Å². The molecule has 2 unspecified atom stereocenters. The molecule has 1 fully saturated rings. The molecule has 0 aromatic carbocycles. The summed E-state index contributed by atoms with van der Waals surface area (Å²) in [7, 11) is 0. The molecule has 10 heteroatoms. The summed E-state index contributed by atoms with van der Waals surface area (Å²) in [5, 5.41) is 47.9.